The van der Waals surface area contributed by atoms with Crippen LogP contribution in [0, 0.1) is 0 Å². The normalized spacial score (nSPS) is 20.8. The van der Waals surface area contributed by atoms with Gasteiger partial charge in [0.25, 0.3) is 0 Å². The molecule has 0 aromatic heterocycles. The first-order valence-electron chi connectivity index (χ1n) is 8.31. The summed E-state index contributed by atoms with van der Waals surface area (Å²) >= 11 is 6.08. The predicted octanol–water partition coefficient (Wildman–Crippen LogP) is 3.31. The first-order valence-corrected chi connectivity index (χ1v) is 8.69. The summed E-state index contributed by atoms with van der Waals surface area (Å²) in [6.45, 7) is 9.42. The van der Waals surface area contributed by atoms with E-state index in [1.54, 1.807) is 4.90 Å². The summed E-state index contributed by atoms with van der Waals surface area (Å²) in [4.78, 5) is 16.2. The summed E-state index contributed by atoms with van der Waals surface area (Å²) in [5, 5.41) is 10.4. The number of ether oxygens (including phenoxy) is 1. The Morgan fingerprint density at radius 2 is 2.12 bits per heavy atom. The lowest BCUT2D eigenvalue weighted by Crippen LogP contribution is -2.57. The Balaban J connectivity index is 2.05. The monoisotopic (exact) mass is 354 g/mol. The van der Waals surface area contributed by atoms with E-state index in [1.165, 1.54) is 0 Å². The summed E-state index contributed by atoms with van der Waals surface area (Å²) in [5.74, 6) is 0. The molecular weight excluding hydrogens is 328 g/mol. The number of aliphatic hydroxyl groups is 1. The predicted molar refractivity (Wildman–Crippen MR) is 95.3 cm³/mol. The van der Waals surface area contributed by atoms with Gasteiger partial charge in [-0.05, 0) is 45.4 Å². The largest absolute Gasteiger partial charge is 0.444 e. The van der Waals surface area contributed by atoms with Crippen molar-refractivity contribution in [3.8, 4) is 0 Å². The number of piperazine rings is 1. The minimum absolute atomic E-state index is 0.0853. The minimum Gasteiger partial charge on any atom is -0.444 e. The number of hydrogen-bond acceptors (Lipinski definition) is 4. The van der Waals surface area contributed by atoms with Gasteiger partial charge in [0.05, 0.1) is 12.6 Å². The Morgan fingerprint density at radius 1 is 1.42 bits per heavy atom. The quantitative estimate of drug-likeness (QED) is 0.904. The van der Waals surface area contributed by atoms with Crippen LogP contribution >= 0.6 is 11.6 Å². The number of hydrogen-bond donors (Lipinski definition) is 1. The first-order chi connectivity index (χ1) is 11.2. The van der Waals surface area contributed by atoms with Gasteiger partial charge < -0.3 is 14.7 Å². The maximum Gasteiger partial charge on any atom is 0.410 e. The summed E-state index contributed by atoms with van der Waals surface area (Å²) in [7, 11) is 0. The number of halogens is 1. The first kappa shape index (κ1) is 19.0. The third-order valence-corrected chi connectivity index (χ3v) is 4.47. The molecule has 5 nitrogen and oxygen atoms in total. The van der Waals surface area contributed by atoms with Gasteiger partial charge in [0, 0.05) is 30.7 Å². The molecule has 0 aliphatic carbocycles. The number of carbonyl (C=O) groups excluding carboxylic acids is 1. The molecule has 1 aliphatic heterocycles. The van der Waals surface area contributed by atoms with E-state index in [2.05, 4.69) is 11.8 Å². The second-order valence-electron chi connectivity index (χ2n) is 7.24. The van der Waals surface area contributed by atoms with Gasteiger partial charge in [0.15, 0.2) is 0 Å². The van der Waals surface area contributed by atoms with Crippen molar-refractivity contribution in [3.05, 3.63) is 34.9 Å². The highest BCUT2D eigenvalue weighted by Gasteiger charge is 2.34. The molecule has 0 bridgehead atoms. The van der Waals surface area contributed by atoms with E-state index in [0.717, 1.165) is 12.1 Å². The second-order valence-corrected chi connectivity index (χ2v) is 7.67. The molecule has 0 saturated carbocycles. The Kier molecular flexibility index (Phi) is 6.12. The van der Waals surface area contributed by atoms with E-state index in [4.69, 9.17) is 16.3 Å². The molecule has 24 heavy (non-hydrogen) atoms. The molecule has 1 aromatic carbocycles. The molecule has 1 fully saturated rings. The smallest absolute Gasteiger partial charge is 0.410 e. The van der Waals surface area contributed by atoms with Gasteiger partial charge in [0.1, 0.15) is 5.60 Å². The lowest BCUT2D eigenvalue weighted by atomic mass is 10.0. The number of amides is 1. The van der Waals surface area contributed by atoms with Crippen LogP contribution in [0.3, 0.4) is 0 Å². The van der Waals surface area contributed by atoms with Crippen LogP contribution < -0.4 is 0 Å². The molecule has 134 valence electrons. The molecule has 1 heterocycles. The fourth-order valence-electron chi connectivity index (χ4n) is 2.93. The lowest BCUT2D eigenvalue weighted by Gasteiger charge is -2.43. The van der Waals surface area contributed by atoms with Crippen LogP contribution in [-0.4, -0.2) is 58.9 Å². The summed E-state index contributed by atoms with van der Waals surface area (Å²) in [6, 6.07) is 7.70. The van der Waals surface area contributed by atoms with Crippen molar-refractivity contribution in [2.24, 2.45) is 0 Å². The number of nitrogens with zero attached hydrogens (tertiary/aromatic N) is 2. The van der Waals surface area contributed by atoms with Crippen LogP contribution in [0.4, 0.5) is 4.79 Å². The molecule has 0 radical (unpaired) electrons. The van der Waals surface area contributed by atoms with Crippen LogP contribution in [0.5, 0.6) is 0 Å². The van der Waals surface area contributed by atoms with Gasteiger partial charge >= 0.3 is 6.09 Å². The number of aliphatic hydroxyl groups excluding tert-OH is 1. The van der Waals surface area contributed by atoms with Gasteiger partial charge in [-0.15, -0.1) is 0 Å². The SMILES string of the molecule is CC(c1cccc(Cl)c1)N1CCN(C(=O)OC(C)(C)C)C(CO)C1. The van der Waals surface area contributed by atoms with Crippen molar-refractivity contribution in [1.29, 1.82) is 0 Å². The van der Waals surface area contributed by atoms with Crippen molar-refractivity contribution in [3.63, 3.8) is 0 Å². The van der Waals surface area contributed by atoms with E-state index in [-0.39, 0.29) is 24.8 Å². The fourth-order valence-corrected chi connectivity index (χ4v) is 3.12. The molecule has 2 unspecified atom stereocenters. The van der Waals surface area contributed by atoms with Gasteiger partial charge in [-0.2, -0.15) is 0 Å². The third kappa shape index (κ3) is 4.85. The average Bonchev–Trinajstić information content (AvgIpc) is 2.51. The van der Waals surface area contributed by atoms with Crippen molar-refractivity contribution >= 4 is 17.7 Å². The third-order valence-electron chi connectivity index (χ3n) is 4.23. The van der Waals surface area contributed by atoms with Crippen LogP contribution in [0.15, 0.2) is 24.3 Å². The maximum absolute atomic E-state index is 12.3. The number of rotatable bonds is 3. The van der Waals surface area contributed by atoms with E-state index in [9.17, 15) is 9.90 Å². The molecule has 0 spiro atoms. The lowest BCUT2D eigenvalue weighted by molar-refractivity contribution is -0.0173. The standard InChI is InChI=1S/C18H27ClN2O3/c1-13(14-6-5-7-15(19)10-14)20-8-9-21(16(11-20)12-22)17(23)24-18(2,3)4/h5-7,10,13,16,22H,8-9,11-12H2,1-4H3. The van der Waals surface area contributed by atoms with Crippen molar-refractivity contribution in [1.82, 2.24) is 9.80 Å². The number of carbonyl (C=O) groups is 1. The Morgan fingerprint density at radius 3 is 2.71 bits per heavy atom. The van der Waals surface area contributed by atoms with E-state index >= 15 is 0 Å². The highest BCUT2D eigenvalue weighted by Crippen LogP contribution is 2.26. The Hall–Kier alpha value is -1.30. The summed E-state index contributed by atoms with van der Waals surface area (Å²) in [5.41, 5.74) is 0.590. The zero-order valence-corrected chi connectivity index (χ0v) is 15.6. The molecule has 6 heteroatoms. The summed E-state index contributed by atoms with van der Waals surface area (Å²) in [6.07, 6.45) is -0.364. The molecule has 1 N–H and O–H groups in total. The zero-order valence-electron chi connectivity index (χ0n) is 14.8. The number of benzene rings is 1. The Bertz CT molecular complexity index is 574. The van der Waals surface area contributed by atoms with Gasteiger partial charge in [-0.25, -0.2) is 4.79 Å². The summed E-state index contributed by atoms with van der Waals surface area (Å²) < 4.78 is 5.45. The van der Waals surface area contributed by atoms with Crippen LogP contribution in [0.2, 0.25) is 5.02 Å². The molecule has 2 rings (SSSR count). The van der Waals surface area contributed by atoms with Crippen molar-refractivity contribution in [2.45, 2.75) is 45.4 Å². The average molecular weight is 355 g/mol. The van der Waals surface area contributed by atoms with E-state index < -0.39 is 5.60 Å². The van der Waals surface area contributed by atoms with Crippen LogP contribution in [0.1, 0.15) is 39.3 Å². The van der Waals surface area contributed by atoms with Gasteiger partial charge in [-0.1, -0.05) is 23.7 Å². The highest BCUT2D eigenvalue weighted by atomic mass is 35.5. The zero-order chi connectivity index (χ0) is 17.9. The van der Waals surface area contributed by atoms with Crippen LogP contribution in [-0.2, 0) is 4.74 Å². The van der Waals surface area contributed by atoms with Crippen molar-refractivity contribution in [2.75, 3.05) is 26.2 Å². The molecule has 1 aliphatic rings. The second kappa shape index (κ2) is 7.72. The molecule has 1 saturated heterocycles. The maximum atomic E-state index is 12.3. The van der Waals surface area contributed by atoms with E-state index in [0.29, 0.717) is 18.1 Å². The van der Waals surface area contributed by atoms with Crippen molar-refractivity contribution < 1.29 is 14.6 Å². The highest BCUT2D eigenvalue weighted by molar-refractivity contribution is 6.30. The molecule has 1 aromatic rings. The fraction of sp³-hybridized carbons (Fsp3) is 0.611. The molecule has 2 atom stereocenters. The molecular formula is C18H27ClN2O3. The topological polar surface area (TPSA) is 53.0 Å². The minimum atomic E-state index is -0.539. The molecule has 1 amide bonds. The Labute approximate surface area is 149 Å². The van der Waals surface area contributed by atoms with Crippen LogP contribution in [0.25, 0.3) is 0 Å². The van der Waals surface area contributed by atoms with Gasteiger partial charge in [0.2, 0.25) is 0 Å². The van der Waals surface area contributed by atoms with E-state index in [1.807, 2.05) is 45.0 Å². The van der Waals surface area contributed by atoms with Gasteiger partial charge in [-0.3, -0.25) is 4.90 Å².